The van der Waals surface area contributed by atoms with E-state index in [1.54, 1.807) is 19.2 Å². The Morgan fingerprint density at radius 2 is 2.47 bits per heavy atom. The van der Waals surface area contributed by atoms with Crippen molar-refractivity contribution in [2.24, 2.45) is 0 Å². The quantitative estimate of drug-likeness (QED) is 0.779. The third kappa shape index (κ3) is 1.99. The van der Waals surface area contributed by atoms with Crippen LogP contribution in [0.1, 0.15) is 17.3 Å². The molecule has 0 aromatic carbocycles. The molecule has 0 aliphatic heterocycles. The van der Waals surface area contributed by atoms with Gasteiger partial charge >= 0.3 is 5.97 Å². The van der Waals surface area contributed by atoms with Gasteiger partial charge in [0.15, 0.2) is 5.65 Å². The van der Waals surface area contributed by atoms with Crippen LogP contribution in [0.3, 0.4) is 0 Å². The number of hydrogen-bond acceptors (Lipinski definition) is 4. The molecule has 6 heteroatoms. The van der Waals surface area contributed by atoms with Gasteiger partial charge in [-0.15, -0.1) is 0 Å². The second-order valence-corrected chi connectivity index (χ2v) is 3.65. The Morgan fingerprint density at radius 3 is 3.20 bits per heavy atom. The monoisotopic (exact) mass is 269 g/mol. The third-order valence-electron chi connectivity index (χ3n) is 1.79. The van der Waals surface area contributed by atoms with Crippen LogP contribution in [0.15, 0.2) is 23.1 Å². The van der Waals surface area contributed by atoms with Gasteiger partial charge in [0.2, 0.25) is 0 Å². The van der Waals surface area contributed by atoms with Crippen molar-refractivity contribution in [3.05, 3.63) is 28.6 Å². The summed E-state index contributed by atoms with van der Waals surface area (Å²) < 4.78 is 7.05. The van der Waals surface area contributed by atoms with Gasteiger partial charge in [0.05, 0.1) is 12.2 Å². The maximum Gasteiger partial charge on any atom is 0.341 e. The van der Waals surface area contributed by atoms with Crippen molar-refractivity contribution < 1.29 is 9.53 Å². The second kappa shape index (κ2) is 3.98. The van der Waals surface area contributed by atoms with Crippen LogP contribution >= 0.6 is 15.9 Å². The zero-order valence-electron chi connectivity index (χ0n) is 7.98. The average molecular weight is 270 g/mol. The van der Waals surface area contributed by atoms with Gasteiger partial charge in [0, 0.05) is 18.5 Å². The molecule has 0 fully saturated rings. The van der Waals surface area contributed by atoms with Crippen LogP contribution in [-0.4, -0.2) is 27.2 Å². The summed E-state index contributed by atoms with van der Waals surface area (Å²) in [4.78, 5) is 15.5. The molecule has 0 unspecified atom stereocenters. The van der Waals surface area contributed by atoms with Crippen LogP contribution < -0.4 is 0 Å². The molecule has 2 rings (SSSR count). The summed E-state index contributed by atoms with van der Waals surface area (Å²) in [5.41, 5.74) is 1.06. The molecule has 0 amide bonds. The van der Waals surface area contributed by atoms with E-state index in [4.69, 9.17) is 4.74 Å². The zero-order valence-corrected chi connectivity index (χ0v) is 9.56. The van der Waals surface area contributed by atoms with Gasteiger partial charge < -0.3 is 4.74 Å². The van der Waals surface area contributed by atoms with Crippen molar-refractivity contribution in [1.29, 1.82) is 0 Å². The van der Waals surface area contributed by atoms with E-state index in [2.05, 4.69) is 26.0 Å². The minimum atomic E-state index is -0.390. The topological polar surface area (TPSA) is 56.5 Å². The van der Waals surface area contributed by atoms with Crippen molar-refractivity contribution in [2.75, 3.05) is 6.61 Å². The van der Waals surface area contributed by atoms with Crippen LogP contribution in [0, 0.1) is 0 Å². The number of hydrogen-bond donors (Lipinski definition) is 0. The zero-order chi connectivity index (χ0) is 10.8. The number of carbonyl (C=O) groups is 1. The fourth-order valence-corrected chi connectivity index (χ4v) is 1.54. The van der Waals surface area contributed by atoms with E-state index in [0.717, 1.165) is 0 Å². The van der Waals surface area contributed by atoms with Gasteiger partial charge in [0.25, 0.3) is 0 Å². The molecule has 2 aromatic rings. The molecule has 15 heavy (non-hydrogen) atoms. The van der Waals surface area contributed by atoms with Crippen molar-refractivity contribution in [1.82, 2.24) is 14.6 Å². The van der Waals surface area contributed by atoms with Crippen LogP contribution in [0.2, 0.25) is 0 Å². The van der Waals surface area contributed by atoms with E-state index < -0.39 is 5.97 Å². The lowest BCUT2D eigenvalue weighted by molar-refractivity contribution is 0.0525. The molecule has 0 aliphatic rings. The molecule has 2 aromatic heterocycles. The van der Waals surface area contributed by atoms with Crippen molar-refractivity contribution >= 4 is 27.5 Å². The summed E-state index contributed by atoms with van der Waals surface area (Å²) in [7, 11) is 0. The van der Waals surface area contributed by atoms with E-state index >= 15 is 0 Å². The fourth-order valence-electron chi connectivity index (χ4n) is 1.17. The fraction of sp³-hybridized carbons (Fsp3) is 0.222. The number of halogens is 1. The predicted molar refractivity (Wildman–Crippen MR) is 56.6 cm³/mol. The molecule has 0 radical (unpaired) electrons. The lowest BCUT2D eigenvalue weighted by Gasteiger charge is -2.00. The van der Waals surface area contributed by atoms with Crippen LogP contribution in [0.4, 0.5) is 0 Å². The van der Waals surface area contributed by atoms with Crippen molar-refractivity contribution in [2.45, 2.75) is 6.92 Å². The number of carbonyl (C=O) groups excluding carboxylic acids is 1. The molecule has 78 valence electrons. The van der Waals surface area contributed by atoms with E-state index in [0.29, 0.717) is 22.4 Å². The molecule has 0 spiro atoms. The van der Waals surface area contributed by atoms with Gasteiger partial charge in [-0.2, -0.15) is 5.10 Å². The maximum atomic E-state index is 11.4. The first-order valence-corrected chi connectivity index (χ1v) is 5.18. The Morgan fingerprint density at radius 1 is 1.67 bits per heavy atom. The van der Waals surface area contributed by atoms with E-state index in [9.17, 15) is 4.79 Å². The number of nitrogens with zero attached hydrogens (tertiary/aromatic N) is 3. The summed E-state index contributed by atoms with van der Waals surface area (Å²) in [6.07, 6.45) is 3.06. The molecule has 0 aliphatic carbocycles. The maximum absolute atomic E-state index is 11.4. The number of esters is 1. The second-order valence-electron chi connectivity index (χ2n) is 2.83. The smallest absolute Gasteiger partial charge is 0.341 e. The highest BCUT2D eigenvalue weighted by molar-refractivity contribution is 9.10. The van der Waals surface area contributed by atoms with Crippen LogP contribution in [-0.2, 0) is 4.74 Å². The lowest BCUT2D eigenvalue weighted by atomic mass is 10.3. The first-order chi connectivity index (χ1) is 7.20. The summed E-state index contributed by atoms with van der Waals surface area (Å²) in [5.74, 6) is -0.390. The highest BCUT2D eigenvalue weighted by Crippen LogP contribution is 2.10. The predicted octanol–water partition coefficient (Wildman–Crippen LogP) is 1.67. The number of aromatic nitrogens is 3. The highest BCUT2D eigenvalue weighted by atomic mass is 79.9. The molecule has 0 N–H and O–H groups in total. The minimum absolute atomic E-state index is 0.347. The molecule has 0 saturated heterocycles. The van der Waals surface area contributed by atoms with Gasteiger partial charge in [-0.1, -0.05) is 0 Å². The SMILES string of the molecule is CCOC(=O)c1cnc2cc(Br)nn2c1. The first kappa shape index (κ1) is 10.1. The lowest BCUT2D eigenvalue weighted by Crippen LogP contribution is -2.06. The number of fused-ring (bicyclic) bond motifs is 1. The number of rotatable bonds is 2. The molecule has 2 heterocycles. The molecular weight excluding hydrogens is 262 g/mol. The first-order valence-electron chi connectivity index (χ1n) is 4.38. The average Bonchev–Trinajstić information content (AvgIpc) is 2.57. The Kier molecular flexibility index (Phi) is 2.68. The van der Waals surface area contributed by atoms with Gasteiger partial charge in [-0.05, 0) is 22.9 Å². The normalized spacial score (nSPS) is 10.5. The number of ether oxygens (including phenoxy) is 1. The van der Waals surface area contributed by atoms with Crippen molar-refractivity contribution in [3.8, 4) is 0 Å². The largest absolute Gasteiger partial charge is 0.462 e. The van der Waals surface area contributed by atoms with Gasteiger partial charge in [-0.3, -0.25) is 0 Å². The Labute approximate surface area is 94.2 Å². The summed E-state index contributed by atoms with van der Waals surface area (Å²) in [6, 6.07) is 1.76. The molecule has 5 nitrogen and oxygen atoms in total. The molecule has 0 saturated carbocycles. The minimum Gasteiger partial charge on any atom is -0.462 e. The van der Waals surface area contributed by atoms with Gasteiger partial charge in [0.1, 0.15) is 4.60 Å². The molecular formula is C9H8BrN3O2. The Balaban J connectivity index is 2.41. The van der Waals surface area contributed by atoms with E-state index in [1.165, 1.54) is 10.7 Å². The van der Waals surface area contributed by atoms with E-state index in [-0.39, 0.29) is 0 Å². The van der Waals surface area contributed by atoms with Crippen LogP contribution in [0.25, 0.3) is 5.65 Å². The molecule has 0 atom stereocenters. The van der Waals surface area contributed by atoms with Crippen LogP contribution in [0.5, 0.6) is 0 Å². The summed E-state index contributed by atoms with van der Waals surface area (Å²) in [6.45, 7) is 2.11. The van der Waals surface area contributed by atoms with E-state index in [1.807, 2.05) is 0 Å². The summed E-state index contributed by atoms with van der Waals surface area (Å²) >= 11 is 3.23. The Bertz CT molecular complexity index is 509. The van der Waals surface area contributed by atoms with Crippen molar-refractivity contribution in [3.63, 3.8) is 0 Å². The summed E-state index contributed by atoms with van der Waals surface area (Å²) in [5, 5.41) is 4.08. The molecule has 0 bridgehead atoms. The standard InChI is InChI=1S/C9H8BrN3O2/c1-2-15-9(14)6-4-11-8-3-7(10)12-13(8)5-6/h3-5H,2H2,1H3. The third-order valence-corrected chi connectivity index (χ3v) is 2.18. The van der Waals surface area contributed by atoms with Gasteiger partial charge in [-0.25, -0.2) is 14.3 Å². The highest BCUT2D eigenvalue weighted by Gasteiger charge is 2.09. The Hall–Kier alpha value is -1.43.